The summed E-state index contributed by atoms with van der Waals surface area (Å²) < 4.78 is 23.5. The molecule has 6 nitrogen and oxygen atoms in total. The summed E-state index contributed by atoms with van der Waals surface area (Å²) in [7, 11) is -2.50. The highest BCUT2D eigenvalue weighted by Gasteiger charge is 2.10. The van der Waals surface area contributed by atoms with Crippen LogP contribution in [0.4, 0.5) is 0 Å². The van der Waals surface area contributed by atoms with Gasteiger partial charge in [-0.2, -0.15) is 12.8 Å². The molecule has 7 heteroatoms. The second kappa shape index (κ2) is 9.30. The molecule has 2 N–H and O–H groups in total. The molecule has 2 aromatic rings. The SMILES string of the molecule is O=C(O)c1ccc(O)cc1CCN=S(=O)=O.c1ccccc1. The molecule has 0 spiro atoms. The third-order valence-electron chi connectivity index (χ3n) is 2.56. The van der Waals surface area contributed by atoms with Gasteiger partial charge in [-0.15, -0.1) is 0 Å². The minimum atomic E-state index is -2.50. The van der Waals surface area contributed by atoms with Gasteiger partial charge in [-0.25, -0.2) is 4.79 Å². The predicted octanol–water partition coefficient (Wildman–Crippen LogP) is 2.38. The summed E-state index contributed by atoms with van der Waals surface area (Å²) in [6.07, 6.45) is 0.143. The highest BCUT2D eigenvalue weighted by atomic mass is 32.2. The highest BCUT2D eigenvalue weighted by molar-refractivity contribution is 7.61. The molecule has 0 amide bonds. The maximum absolute atomic E-state index is 10.8. The summed E-state index contributed by atoms with van der Waals surface area (Å²) in [5.74, 6) is -1.19. The van der Waals surface area contributed by atoms with Crippen LogP contribution in [-0.4, -0.2) is 31.1 Å². The Bertz CT molecular complexity index is 707. The Morgan fingerprint density at radius 2 is 1.59 bits per heavy atom. The number of benzene rings is 2. The first-order valence-electron chi connectivity index (χ1n) is 6.33. The molecule has 0 atom stereocenters. The molecule has 0 heterocycles. The molecule has 116 valence electrons. The van der Waals surface area contributed by atoms with Crippen molar-refractivity contribution >= 4 is 16.5 Å². The van der Waals surface area contributed by atoms with Crippen molar-refractivity contribution in [3.63, 3.8) is 0 Å². The van der Waals surface area contributed by atoms with E-state index >= 15 is 0 Å². The van der Waals surface area contributed by atoms with E-state index in [9.17, 15) is 18.3 Å². The fraction of sp³-hybridized carbons (Fsp3) is 0.133. The van der Waals surface area contributed by atoms with Gasteiger partial charge in [0.05, 0.1) is 12.1 Å². The number of rotatable bonds is 4. The normalized spacial score (nSPS) is 9.27. The van der Waals surface area contributed by atoms with Crippen LogP contribution < -0.4 is 0 Å². The molecule has 0 radical (unpaired) electrons. The Kier molecular flexibility index (Phi) is 7.35. The number of aromatic carboxylic acids is 1. The number of carboxylic acid groups (broad SMARTS) is 1. The van der Waals surface area contributed by atoms with Gasteiger partial charge in [-0.3, -0.25) is 0 Å². The molecular formula is C15H15NO5S. The predicted molar refractivity (Wildman–Crippen MR) is 81.4 cm³/mol. The van der Waals surface area contributed by atoms with Gasteiger partial charge in [0.1, 0.15) is 5.75 Å². The topological polar surface area (TPSA) is 104 Å². The molecule has 0 aliphatic carbocycles. The third kappa shape index (κ3) is 6.67. The van der Waals surface area contributed by atoms with Gasteiger partial charge in [0.25, 0.3) is 0 Å². The van der Waals surface area contributed by atoms with Crippen LogP contribution in [0.2, 0.25) is 0 Å². The number of hydrogen-bond acceptors (Lipinski definition) is 5. The first kappa shape index (κ1) is 17.4. The first-order valence-corrected chi connectivity index (χ1v) is 7.36. The van der Waals surface area contributed by atoms with E-state index in [0.717, 1.165) is 0 Å². The monoisotopic (exact) mass is 321 g/mol. The number of aromatic hydroxyl groups is 1. The van der Waals surface area contributed by atoms with Crippen molar-refractivity contribution in [1.82, 2.24) is 0 Å². The number of carbonyl (C=O) groups is 1. The van der Waals surface area contributed by atoms with Crippen molar-refractivity contribution in [3.05, 3.63) is 65.7 Å². The fourth-order valence-corrected chi connectivity index (χ4v) is 1.86. The Morgan fingerprint density at radius 1 is 1.05 bits per heavy atom. The van der Waals surface area contributed by atoms with Crippen molar-refractivity contribution in [2.24, 2.45) is 4.36 Å². The molecular weight excluding hydrogens is 306 g/mol. The van der Waals surface area contributed by atoms with Crippen LogP contribution in [0.3, 0.4) is 0 Å². The van der Waals surface area contributed by atoms with Gasteiger partial charge in [0, 0.05) is 0 Å². The zero-order valence-corrected chi connectivity index (χ0v) is 12.4. The number of carboxylic acids is 1. The van der Waals surface area contributed by atoms with Crippen molar-refractivity contribution in [1.29, 1.82) is 0 Å². The minimum Gasteiger partial charge on any atom is -0.508 e. The molecule has 0 unspecified atom stereocenters. The van der Waals surface area contributed by atoms with Crippen LogP contribution in [0.1, 0.15) is 15.9 Å². The smallest absolute Gasteiger partial charge is 0.335 e. The molecule has 0 aromatic heterocycles. The van der Waals surface area contributed by atoms with Gasteiger partial charge >= 0.3 is 16.5 Å². The van der Waals surface area contributed by atoms with E-state index in [1.54, 1.807) is 0 Å². The lowest BCUT2D eigenvalue weighted by atomic mass is 10.0. The molecule has 0 saturated carbocycles. The van der Waals surface area contributed by atoms with Gasteiger partial charge < -0.3 is 10.2 Å². The van der Waals surface area contributed by atoms with Gasteiger partial charge in [-0.1, -0.05) is 36.4 Å². The molecule has 0 aliphatic rings. The van der Waals surface area contributed by atoms with E-state index < -0.39 is 16.5 Å². The van der Waals surface area contributed by atoms with E-state index in [1.807, 2.05) is 36.4 Å². The Balaban J connectivity index is 0.000000335. The van der Waals surface area contributed by atoms with E-state index in [1.165, 1.54) is 18.2 Å². The standard InChI is InChI=1S/C9H9NO5S.C6H6/c11-7-1-2-8(9(12)13)6(5-7)3-4-10-16(14)15;1-2-4-6-5-3-1/h1-2,5,11H,3-4H2,(H,12,13);1-6H. The van der Waals surface area contributed by atoms with Crippen LogP contribution in [0.25, 0.3) is 0 Å². The van der Waals surface area contributed by atoms with Crippen LogP contribution in [0, 0.1) is 0 Å². The average Bonchev–Trinajstić information content (AvgIpc) is 2.49. The molecule has 22 heavy (non-hydrogen) atoms. The third-order valence-corrected chi connectivity index (χ3v) is 2.96. The van der Waals surface area contributed by atoms with Crippen molar-refractivity contribution in [3.8, 4) is 5.75 Å². The fourth-order valence-electron chi connectivity index (χ4n) is 1.62. The summed E-state index contributed by atoms with van der Waals surface area (Å²) in [5.41, 5.74) is 0.381. The maximum Gasteiger partial charge on any atom is 0.335 e. The lowest BCUT2D eigenvalue weighted by Crippen LogP contribution is -2.03. The largest absolute Gasteiger partial charge is 0.508 e. The van der Waals surface area contributed by atoms with Gasteiger partial charge in [-0.05, 0) is 30.2 Å². The average molecular weight is 321 g/mol. The summed E-state index contributed by atoms with van der Waals surface area (Å²) >= 11 is 0. The molecule has 0 aliphatic heterocycles. The quantitative estimate of drug-likeness (QED) is 0.899. The van der Waals surface area contributed by atoms with Crippen molar-refractivity contribution in [2.75, 3.05) is 6.54 Å². The Labute approximate surface area is 129 Å². The lowest BCUT2D eigenvalue weighted by Gasteiger charge is -2.04. The number of phenols is 1. The van der Waals surface area contributed by atoms with Crippen molar-refractivity contribution < 1.29 is 23.4 Å². The number of nitrogens with zero attached hydrogens (tertiary/aromatic N) is 1. The van der Waals surface area contributed by atoms with Gasteiger partial charge in [0.15, 0.2) is 0 Å². The van der Waals surface area contributed by atoms with E-state index in [4.69, 9.17) is 5.11 Å². The zero-order valence-electron chi connectivity index (χ0n) is 11.6. The zero-order chi connectivity index (χ0) is 16.4. The molecule has 0 saturated heterocycles. The molecule has 0 fully saturated rings. The first-order chi connectivity index (χ1) is 10.5. The highest BCUT2D eigenvalue weighted by Crippen LogP contribution is 2.17. The number of hydrogen-bond donors (Lipinski definition) is 2. The van der Waals surface area contributed by atoms with Gasteiger partial charge in [0.2, 0.25) is 0 Å². The van der Waals surface area contributed by atoms with E-state index in [2.05, 4.69) is 4.36 Å². The maximum atomic E-state index is 10.8. The van der Waals surface area contributed by atoms with Crippen LogP contribution in [0.5, 0.6) is 5.75 Å². The Morgan fingerprint density at radius 3 is 2.05 bits per heavy atom. The summed E-state index contributed by atoms with van der Waals surface area (Å²) in [5, 5.41) is 18.0. The Hall–Kier alpha value is -2.67. The van der Waals surface area contributed by atoms with E-state index in [0.29, 0.717) is 5.56 Å². The second-order valence-electron chi connectivity index (χ2n) is 4.12. The molecule has 2 rings (SSSR count). The minimum absolute atomic E-state index is 0.0321. The van der Waals surface area contributed by atoms with E-state index in [-0.39, 0.29) is 24.3 Å². The van der Waals surface area contributed by atoms with Crippen LogP contribution in [-0.2, 0) is 16.9 Å². The summed E-state index contributed by atoms with van der Waals surface area (Å²) in [4.78, 5) is 10.8. The van der Waals surface area contributed by atoms with Crippen LogP contribution in [0.15, 0.2) is 59.0 Å². The molecule has 0 bridgehead atoms. The van der Waals surface area contributed by atoms with Crippen molar-refractivity contribution in [2.45, 2.75) is 6.42 Å². The lowest BCUT2D eigenvalue weighted by molar-refractivity contribution is 0.0695. The molecule has 2 aromatic carbocycles. The summed E-state index contributed by atoms with van der Waals surface area (Å²) in [6, 6.07) is 15.8. The number of phenolic OH excluding ortho intramolecular Hbond substituents is 1. The summed E-state index contributed by atoms with van der Waals surface area (Å²) in [6.45, 7) is -0.0418. The second-order valence-corrected chi connectivity index (χ2v) is 4.81. The van der Waals surface area contributed by atoms with Crippen LogP contribution >= 0.6 is 0 Å².